The maximum atomic E-state index is 13.2. The summed E-state index contributed by atoms with van der Waals surface area (Å²) >= 11 is 3.59. The van der Waals surface area contributed by atoms with Gasteiger partial charge in [0.25, 0.3) is 5.56 Å². The number of fused-ring (bicyclic) bond motifs is 1. The largest absolute Gasteiger partial charge is 0.344 e. The van der Waals surface area contributed by atoms with E-state index < -0.39 is 11.6 Å². The second-order valence-electron chi connectivity index (χ2n) is 8.38. The van der Waals surface area contributed by atoms with Crippen LogP contribution in [0, 0.1) is 5.41 Å². The predicted molar refractivity (Wildman–Crippen MR) is 112 cm³/mol. The highest BCUT2D eigenvalue weighted by molar-refractivity contribution is 9.10. The molecule has 1 aromatic heterocycles. The lowest BCUT2D eigenvalue weighted by Gasteiger charge is -2.39. The Balaban J connectivity index is 2.11. The number of allylic oxidation sites excluding steroid dienone is 2. The normalized spacial score (nSPS) is 20.5. The minimum Gasteiger partial charge on any atom is -0.344 e. The van der Waals surface area contributed by atoms with Crippen LogP contribution in [0.15, 0.2) is 49.6 Å². The van der Waals surface area contributed by atoms with Gasteiger partial charge in [-0.2, -0.15) is 0 Å². The van der Waals surface area contributed by atoms with Crippen molar-refractivity contribution in [3.63, 3.8) is 0 Å². The molecule has 1 N–H and O–H groups in total. The molecule has 7 heteroatoms. The van der Waals surface area contributed by atoms with Crippen LogP contribution in [-0.2, 0) is 18.9 Å². The maximum Gasteiger partial charge on any atom is 0.332 e. The Morgan fingerprint density at radius 3 is 2.43 bits per heavy atom. The number of carbonyl (C=O) groups is 1. The fourth-order valence-electron chi connectivity index (χ4n) is 4.37. The van der Waals surface area contributed by atoms with E-state index >= 15 is 0 Å². The van der Waals surface area contributed by atoms with Gasteiger partial charge in [0.1, 0.15) is 5.82 Å². The number of benzene rings is 1. The third kappa shape index (κ3) is 2.71. The molecule has 0 saturated carbocycles. The molecule has 6 nitrogen and oxygen atoms in total. The Bertz CT molecular complexity index is 1170. The van der Waals surface area contributed by atoms with Crippen molar-refractivity contribution in [3.8, 4) is 0 Å². The number of ketones is 1. The maximum absolute atomic E-state index is 13.2. The first-order valence-electron chi connectivity index (χ1n) is 9.20. The molecule has 0 spiro atoms. The summed E-state index contributed by atoms with van der Waals surface area (Å²) in [6, 6.07) is 7.62. The van der Waals surface area contributed by atoms with Gasteiger partial charge in [-0.1, -0.05) is 48.0 Å². The topological polar surface area (TPSA) is 73.1 Å². The first-order valence-corrected chi connectivity index (χ1v) is 9.99. The standard InChI is InChI=1S/C21H22BrN3O3/c1-21(2)9-13-16(14(26)10-21)15(11-7-5-6-8-12(11)22)17-18(23-13)24(3)20(28)25(4)19(17)27/h5-8,15,23H,9-10H2,1-4H3/t15-/m0/s1. The summed E-state index contributed by atoms with van der Waals surface area (Å²) in [5.74, 6) is -0.00455. The number of rotatable bonds is 1. The molecule has 1 aliphatic heterocycles. The number of nitrogens with zero attached hydrogens (tertiary/aromatic N) is 2. The highest BCUT2D eigenvalue weighted by atomic mass is 79.9. The van der Waals surface area contributed by atoms with Gasteiger partial charge in [-0.25, -0.2) is 4.79 Å². The highest BCUT2D eigenvalue weighted by Crippen LogP contribution is 2.48. The first kappa shape index (κ1) is 18.9. The molecule has 2 heterocycles. The lowest BCUT2D eigenvalue weighted by molar-refractivity contribution is -0.118. The van der Waals surface area contributed by atoms with E-state index in [0.29, 0.717) is 29.8 Å². The number of halogens is 1. The van der Waals surface area contributed by atoms with Crippen LogP contribution >= 0.6 is 15.9 Å². The smallest absolute Gasteiger partial charge is 0.332 e. The molecule has 0 unspecified atom stereocenters. The highest BCUT2D eigenvalue weighted by Gasteiger charge is 2.43. The Labute approximate surface area is 171 Å². The summed E-state index contributed by atoms with van der Waals surface area (Å²) in [5, 5.41) is 3.27. The zero-order valence-electron chi connectivity index (χ0n) is 16.3. The Hall–Kier alpha value is -2.41. The summed E-state index contributed by atoms with van der Waals surface area (Å²) in [7, 11) is 3.11. The number of anilines is 1. The van der Waals surface area contributed by atoms with Crippen molar-refractivity contribution in [2.75, 3.05) is 5.32 Å². The average Bonchev–Trinajstić information content (AvgIpc) is 2.62. The van der Waals surface area contributed by atoms with E-state index in [1.807, 2.05) is 24.3 Å². The first-order chi connectivity index (χ1) is 13.1. The van der Waals surface area contributed by atoms with E-state index in [9.17, 15) is 14.4 Å². The third-order valence-electron chi connectivity index (χ3n) is 5.68. The Morgan fingerprint density at radius 1 is 1.07 bits per heavy atom. The van der Waals surface area contributed by atoms with Gasteiger partial charge in [0.15, 0.2) is 5.78 Å². The number of Topliss-reactive ketones (excluding diaryl/α,β-unsaturated/α-hetero) is 1. The number of hydrogen-bond donors (Lipinski definition) is 1. The Morgan fingerprint density at radius 2 is 1.75 bits per heavy atom. The van der Waals surface area contributed by atoms with E-state index in [2.05, 4.69) is 35.1 Å². The van der Waals surface area contributed by atoms with Crippen molar-refractivity contribution in [3.05, 3.63) is 72.0 Å². The van der Waals surface area contributed by atoms with Gasteiger partial charge < -0.3 is 5.32 Å². The average molecular weight is 444 g/mol. The predicted octanol–water partition coefficient (Wildman–Crippen LogP) is 3.05. The summed E-state index contributed by atoms with van der Waals surface area (Å²) in [6.45, 7) is 4.12. The summed E-state index contributed by atoms with van der Waals surface area (Å²) in [5.41, 5.74) is 1.76. The fraction of sp³-hybridized carbons (Fsp3) is 0.381. The molecule has 2 aromatic rings. The lowest BCUT2D eigenvalue weighted by Crippen LogP contribution is -2.45. The van der Waals surface area contributed by atoms with Gasteiger partial charge in [-0.3, -0.25) is 18.7 Å². The molecule has 1 aromatic carbocycles. The van der Waals surface area contributed by atoms with Gasteiger partial charge in [0, 0.05) is 42.2 Å². The summed E-state index contributed by atoms with van der Waals surface area (Å²) < 4.78 is 3.39. The van der Waals surface area contributed by atoms with Gasteiger partial charge in [-0.05, 0) is 23.5 Å². The molecule has 0 radical (unpaired) electrons. The van der Waals surface area contributed by atoms with Gasteiger partial charge in [-0.15, -0.1) is 0 Å². The number of aromatic nitrogens is 2. The number of hydrogen-bond acceptors (Lipinski definition) is 4. The molecule has 0 bridgehead atoms. The minimum atomic E-state index is -0.518. The van der Waals surface area contributed by atoms with Crippen molar-refractivity contribution < 1.29 is 4.79 Å². The quantitative estimate of drug-likeness (QED) is 0.734. The van der Waals surface area contributed by atoms with Crippen molar-refractivity contribution >= 4 is 27.5 Å². The lowest BCUT2D eigenvalue weighted by atomic mass is 9.69. The van der Waals surface area contributed by atoms with Crippen LogP contribution in [0.4, 0.5) is 5.82 Å². The van der Waals surface area contributed by atoms with Crippen LogP contribution in [0.25, 0.3) is 0 Å². The van der Waals surface area contributed by atoms with Gasteiger partial charge >= 0.3 is 5.69 Å². The third-order valence-corrected chi connectivity index (χ3v) is 6.40. The van der Waals surface area contributed by atoms with Crippen LogP contribution in [-0.4, -0.2) is 14.9 Å². The summed E-state index contributed by atoms with van der Waals surface area (Å²) in [6.07, 6.45) is 1.10. The second-order valence-corrected chi connectivity index (χ2v) is 9.24. The SMILES string of the molecule is Cn1c2c(c(=O)n(C)c1=O)[C@@H](c1ccccc1Br)C1=C(CC(C)(C)CC1=O)N2. The number of carbonyl (C=O) groups excluding carboxylic acids is 1. The van der Waals surface area contributed by atoms with Crippen molar-refractivity contribution in [2.45, 2.75) is 32.6 Å². The second kappa shape index (κ2) is 6.30. The van der Waals surface area contributed by atoms with E-state index in [1.54, 1.807) is 7.05 Å². The van der Waals surface area contributed by atoms with Crippen molar-refractivity contribution in [2.24, 2.45) is 19.5 Å². The molecule has 0 amide bonds. The minimum absolute atomic E-state index is 0.0426. The van der Waals surface area contributed by atoms with Crippen LogP contribution in [0.1, 0.15) is 43.7 Å². The molecule has 2 aliphatic rings. The van der Waals surface area contributed by atoms with E-state index in [4.69, 9.17) is 0 Å². The van der Waals surface area contributed by atoms with E-state index in [0.717, 1.165) is 20.3 Å². The Kier molecular flexibility index (Phi) is 4.26. The molecule has 0 fully saturated rings. The van der Waals surface area contributed by atoms with Crippen LogP contribution in [0.2, 0.25) is 0 Å². The monoisotopic (exact) mass is 443 g/mol. The van der Waals surface area contributed by atoms with Crippen LogP contribution in [0.5, 0.6) is 0 Å². The van der Waals surface area contributed by atoms with Crippen molar-refractivity contribution in [1.82, 2.24) is 9.13 Å². The van der Waals surface area contributed by atoms with Crippen LogP contribution < -0.4 is 16.6 Å². The molecule has 146 valence electrons. The van der Waals surface area contributed by atoms with Crippen LogP contribution in [0.3, 0.4) is 0 Å². The summed E-state index contributed by atoms with van der Waals surface area (Å²) in [4.78, 5) is 38.9. The fourth-order valence-corrected chi connectivity index (χ4v) is 4.88. The zero-order valence-corrected chi connectivity index (χ0v) is 17.9. The molecular formula is C21H22BrN3O3. The molecular weight excluding hydrogens is 422 g/mol. The molecule has 4 rings (SSSR count). The van der Waals surface area contributed by atoms with Gasteiger partial charge in [0.2, 0.25) is 0 Å². The van der Waals surface area contributed by atoms with E-state index in [1.165, 1.54) is 11.6 Å². The molecule has 1 aliphatic carbocycles. The molecule has 28 heavy (non-hydrogen) atoms. The van der Waals surface area contributed by atoms with E-state index in [-0.39, 0.29) is 16.8 Å². The number of nitrogens with one attached hydrogen (secondary N) is 1. The molecule has 1 atom stereocenters. The zero-order chi connectivity index (χ0) is 20.4. The van der Waals surface area contributed by atoms with Crippen molar-refractivity contribution in [1.29, 1.82) is 0 Å². The van der Waals surface area contributed by atoms with Gasteiger partial charge in [0.05, 0.1) is 5.56 Å². The molecule has 0 saturated heterocycles.